The number of benzene rings is 2. The molecule has 2 aromatic rings. The first-order valence-corrected chi connectivity index (χ1v) is 8.87. The first-order chi connectivity index (χ1) is 11.4. The molecule has 0 saturated carbocycles. The van der Waals surface area contributed by atoms with Crippen molar-refractivity contribution in [3.63, 3.8) is 0 Å². The Labute approximate surface area is 140 Å². The zero-order chi connectivity index (χ0) is 17.3. The van der Waals surface area contributed by atoms with E-state index in [-0.39, 0.29) is 10.5 Å². The maximum absolute atomic E-state index is 12.8. The average molecular weight is 341 g/mol. The predicted octanol–water partition coefficient (Wildman–Crippen LogP) is 2.66. The Balaban J connectivity index is 2.07. The summed E-state index contributed by atoms with van der Waals surface area (Å²) in [5.74, 6) is 1.30. The number of aromatic carboxylic acids is 1. The molecule has 0 fully saturated rings. The summed E-state index contributed by atoms with van der Waals surface area (Å²) in [7, 11) is -3.90. The van der Waals surface area contributed by atoms with Crippen LogP contribution in [0.15, 0.2) is 41.3 Å². The van der Waals surface area contributed by atoms with Crippen LogP contribution in [0.2, 0.25) is 0 Å². The SMILES string of the molecule is C#Cc1cccc(NS(=O)(=O)c2cc(C(=O)O)cc3c2CCC3)c1. The van der Waals surface area contributed by atoms with E-state index in [9.17, 15) is 18.3 Å². The van der Waals surface area contributed by atoms with E-state index in [4.69, 9.17) is 6.42 Å². The number of anilines is 1. The van der Waals surface area contributed by atoms with Crippen LogP contribution < -0.4 is 4.72 Å². The van der Waals surface area contributed by atoms with E-state index in [2.05, 4.69) is 10.6 Å². The molecule has 0 radical (unpaired) electrons. The number of nitrogens with one attached hydrogen (secondary N) is 1. The largest absolute Gasteiger partial charge is 0.478 e. The number of fused-ring (bicyclic) bond motifs is 1. The normalized spacial score (nSPS) is 13.1. The molecule has 6 heteroatoms. The van der Waals surface area contributed by atoms with E-state index >= 15 is 0 Å². The summed E-state index contributed by atoms with van der Waals surface area (Å²) in [5, 5.41) is 9.23. The Hall–Kier alpha value is -2.78. The molecule has 0 aromatic heterocycles. The molecule has 1 aliphatic carbocycles. The van der Waals surface area contributed by atoms with Gasteiger partial charge in [-0.1, -0.05) is 12.0 Å². The maximum atomic E-state index is 12.8. The minimum absolute atomic E-state index is 0.0200. The molecule has 122 valence electrons. The van der Waals surface area contributed by atoms with Crippen molar-refractivity contribution in [3.8, 4) is 12.3 Å². The van der Waals surface area contributed by atoms with Gasteiger partial charge in [-0.05, 0) is 60.7 Å². The predicted molar refractivity (Wildman–Crippen MR) is 90.6 cm³/mol. The smallest absolute Gasteiger partial charge is 0.335 e. The number of aryl methyl sites for hydroxylation is 1. The van der Waals surface area contributed by atoms with Gasteiger partial charge in [0.2, 0.25) is 0 Å². The topological polar surface area (TPSA) is 83.5 Å². The van der Waals surface area contributed by atoms with Gasteiger partial charge in [-0.15, -0.1) is 6.42 Å². The third-order valence-electron chi connectivity index (χ3n) is 3.99. The average Bonchev–Trinajstić information content (AvgIpc) is 3.01. The number of terminal acetylenes is 1. The van der Waals surface area contributed by atoms with Crippen LogP contribution in [0.5, 0.6) is 0 Å². The van der Waals surface area contributed by atoms with Gasteiger partial charge in [0, 0.05) is 5.56 Å². The number of carboxylic acids is 1. The van der Waals surface area contributed by atoms with Crippen molar-refractivity contribution in [1.29, 1.82) is 0 Å². The fourth-order valence-corrected chi connectivity index (χ4v) is 4.30. The van der Waals surface area contributed by atoms with Crippen molar-refractivity contribution in [2.75, 3.05) is 4.72 Å². The minimum Gasteiger partial charge on any atom is -0.478 e. The second-order valence-corrected chi connectivity index (χ2v) is 7.25. The molecule has 0 aliphatic heterocycles. The van der Waals surface area contributed by atoms with Crippen molar-refractivity contribution in [3.05, 3.63) is 58.7 Å². The van der Waals surface area contributed by atoms with E-state index in [1.165, 1.54) is 6.07 Å². The zero-order valence-electron chi connectivity index (χ0n) is 12.7. The van der Waals surface area contributed by atoms with Crippen LogP contribution in [0.4, 0.5) is 5.69 Å². The van der Waals surface area contributed by atoms with Crippen LogP contribution in [-0.4, -0.2) is 19.5 Å². The van der Waals surface area contributed by atoms with Crippen LogP contribution in [0.25, 0.3) is 0 Å². The van der Waals surface area contributed by atoms with Gasteiger partial charge >= 0.3 is 5.97 Å². The summed E-state index contributed by atoms with van der Waals surface area (Å²) in [4.78, 5) is 11.3. The standard InChI is InChI=1S/C18H15NO4S/c1-2-12-5-3-7-15(9-12)19-24(22,23)17-11-14(18(20)21)10-13-6-4-8-16(13)17/h1,3,5,7,9-11,19H,4,6,8H2,(H,20,21). The molecule has 0 amide bonds. The van der Waals surface area contributed by atoms with E-state index < -0.39 is 16.0 Å². The number of carboxylic acid groups (broad SMARTS) is 1. The minimum atomic E-state index is -3.90. The summed E-state index contributed by atoms with van der Waals surface area (Å²) in [6, 6.07) is 9.28. The van der Waals surface area contributed by atoms with E-state index in [1.807, 2.05) is 0 Å². The van der Waals surface area contributed by atoms with Gasteiger partial charge in [0.1, 0.15) is 0 Å². The molecule has 24 heavy (non-hydrogen) atoms. The van der Waals surface area contributed by atoms with Crippen molar-refractivity contribution < 1.29 is 18.3 Å². The molecule has 5 nitrogen and oxygen atoms in total. The van der Waals surface area contributed by atoms with Crippen LogP contribution >= 0.6 is 0 Å². The molecule has 2 aromatic carbocycles. The number of rotatable bonds is 4. The molecule has 0 unspecified atom stereocenters. The lowest BCUT2D eigenvalue weighted by Gasteiger charge is -2.13. The molecule has 2 N–H and O–H groups in total. The third-order valence-corrected chi connectivity index (χ3v) is 5.44. The first kappa shape index (κ1) is 16.1. The van der Waals surface area contributed by atoms with Gasteiger partial charge in [-0.25, -0.2) is 13.2 Å². The van der Waals surface area contributed by atoms with Crippen LogP contribution in [0.3, 0.4) is 0 Å². The number of carbonyl (C=O) groups is 1. The fraction of sp³-hybridized carbons (Fsp3) is 0.167. The number of hydrogen-bond acceptors (Lipinski definition) is 3. The highest BCUT2D eigenvalue weighted by molar-refractivity contribution is 7.92. The summed E-state index contributed by atoms with van der Waals surface area (Å²) in [5.41, 5.74) is 2.36. The Morgan fingerprint density at radius 3 is 2.71 bits per heavy atom. The fourth-order valence-electron chi connectivity index (χ4n) is 2.91. The molecule has 0 heterocycles. The van der Waals surface area contributed by atoms with Crippen LogP contribution in [0, 0.1) is 12.3 Å². The number of sulfonamides is 1. The summed E-state index contributed by atoms with van der Waals surface area (Å²) >= 11 is 0. The zero-order valence-corrected chi connectivity index (χ0v) is 13.6. The third kappa shape index (κ3) is 2.99. The lowest BCUT2D eigenvalue weighted by atomic mass is 10.1. The maximum Gasteiger partial charge on any atom is 0.335 e. The highest BCUT2D eigenvalue weighted by atomic mass is 32.2. The summed E-state index contributed by atoms with van der Waals surface area (Å²) < 4.78 is 28.0. The summed E-state index contributed by atoms with van der Waals surface area (Å²) in [6.07, 6.45) is 7.45. The lowest BCUT2D eigenvalue weighted by molar-refractivity contribution is 0.0696. The van der Waals surface area contributed by atoms with Gasteiger partial charge in [-0.2, -0.15) is 0 Å². The van der Waals surface area contributed by atoms with Crippen molar-refractivity contribution in [2.45, 2.75) is 24.2 Å². The lowest BCUT2D eigenvalue weighted by Crippen LogP contribution is -2.16. The highest BCUT2D eigenvalue weighted by Gasteiger charge is 2.26. The quantitative estimate of drug-likeness (QED) is 0.838. The Bertz CT molecular complexity index is 971. The molecule has 0 bridgehead atoms. The molecular formula is C18H15NO4S. The summed E-state index contributed by atoms with van der Waals surface area (Å²) in [6.45, 7) is 0. The Morgan fingerprint density at radius 1 is 1.21 bits per heavy atom. The van der Waals surface area contributed by atoms with Gasteiger partial charge in [-0.3, -0.25) is 4.72 Å². The molecule has 0 saturated heterocycles. The van der Waals surface area contributed by atoms with Gasteiger partial charge in [0.25, 0.3) is 10.0 Å². The molecule has 3 rings (SSSR count). The molecule has 1 aliphatic rings. The monoisotopic (exact) mass is 341 g/mol. The van der Waals surface area contributed by atoms with Crippen LogP contribution in [-0.2, 0) is 22.9 Å². The van der Waals surface area contributed by atoms with E-state index in [0.29, 0.717) is 29.7 Å². The van der Waals surface area contributed by atoms with Gasteiger partial charge in [0.15, 0.2) is 0 Å². The van der Waals surface area contributed by atoms with Crippen molar-refractivity contribution >= 4 is 21.7 Å². The van der Waals surface area contributed by atoms with Gasteiger partial charge < -0.3 is 5.11 Å². The molecule has 0 atom stereocenters. The highest BCUT2D eigenvalue weighted by Crippen LogP contribution is 2.31. The van der Waals surface area contributed by atoms with E-state index in [1.54, 1.807) is 30.3 Å². The van der Waals surface area contributed by atoms with Gasteiger partial charge in [0.05, 0.1) is 16.1 Å². The van der Waals surface area contributed by atoms with Crippen molar-refractivity contribution in [2.24, 2.45) is 0 Å². The van der Waals surface area contributed by atoms with E-state index in [0.717, 1.165) is 12.0 Å². The Kier molecular flexibility index (Phi) is 4.04. The second kappa shape index (κ2) is 6.02. The first-order valence-electron chi connectivity index (χ1n) is 7.39. The molecule has 0 spiro atoms. The van der Waals surface area contributed by atoms with Crippen LogP contribution in [0.1, 0.15) is 33.5 Å². The van der Waals surface area contributed by atoms with Crippen molar-refractivity contribution in [1.82, 2.24) is 0 Å². The molecular weight excluding hydrogens is 326 g/mol. The second-order valence-electron chi connectivity index (χ2n) is 5.60. The number of hydrogen-bond donors (Lipinski definition) is 2. The Morgan fingerprint density at radius 2 is 2.00 bits per heavy atom.